The number of carbonyl (C=O) groups excluding carboxylic acids is 3. The lowest BCUT2D eigenvalue weighted by Crippen LogP contribution is -2.34. The van der Waals surface area contributed by atoms with Crippen molar-refractivity contribution in [1.82, 2.24) is 5.06 Å². The zero-order valence-corrected chi connectivity index (χ0v) is 32.4. The van der Waals surface area contributed by atoms with Gasteiger partial charge in [-0.3, -0.25) is 14.4 Å². The van der Waals surface area contributed by atoms with E-state index in [1.54, 1.807) is 67.1 Å². The molecule has 0 aromatic heterocycles. The van der Waals surface area contributed by atoms with Crippen LogP contribution >= 0.6 is 0 Å². The molecule has 2 atom stereocenters. The second-order valence-electron chi connectivity index (χ2n) is 8.06. The van der Waals surface area contributed by atoms with Crippen molar-refractivity contribution >= 4 is 140 Å². The minimum atomic E-state index is -0.737. The molecule has 2 aromatic rings. The van der Waals surface area contributed by atoms with Gasteiger partial charge in [0.15, 0.2) is 0 Å². The van der Waals surface area contributed by atoms with Crippen molar-refractivity contribution < 1.29 is 29.1 Å². The van der Waals surface area contributed by atoms with Gasteiger partial charge in [-0.05, 0) is 24.0 Å². The highest BCUT2D eigenvalue weighted by Crippen LogP contribution is 2.16. The highest BCUT2D eigenvalue weighted by atomic mass is 33.4. The second-order valence-corrected chi connectivity index (χ2v) is 22.2. The SMILES string of the molecule is C[C@@H](Cc1ccccc1)C(=O)O.C[C@@H](Cc1ccccc1)C(=O)ON1C(=O)CCC1=O.S=S.S=S=S=S=S=S=S=S=S=S. The molecule has 7 nitrogen and oxygen atoms in total. The highest BCUT2D eigenvalue weighted by Gasteiger charge is 2.33. The van der Waals surface area contributed by atoms with Gasteiger partial charge in [-0.1, -0.05) is 74.5 Å². The molecular formula is C24H27NO6S12. The van der Waals surface area contributed by atoms with Gasteiger partial charge >= 0.3 is 11.9 Å². The Morgan fingerprint density at radius 1 is 0.744 bits per heavy atom. The van der Waals surface area contributed by atoms with Crippen molar-refractivity contribution in [2.75, 3.05) is 0 Å². The third kappa shape index (κ3) is 20.7. The predicted molar refractivity (Wildman–Crippen MR) is 202 cm³/mol. The van der Waals surface area contributed by atoms with Gasteiger partial charge in [-0.15, -0.1) is 5.06 Å². The lowest BCUT2D eigenvalue weighted by molar-refractivity contribution is -0.200. The highest BCUT2D eigenvalue weighted by molar-refractivity contribution is 8.73. The number of hydrogen-bond donors (Lipinski definition) is 1. The molecule has 1 N–H and O–H groups in total. The van der Waals surface area contributed by atoms with Crippen LogP contribution in [0.2, 0.25) is 0 Å². The first kappa shape index (κ1) is 42.2. The summed E-state index contributed by atoms with van der Waals surface area (Å²) in [7, 11) is 12.7. The fraction of sp³-hybridized carbons (Fsp3) is 0.333. The molecule has 1 saturated heterocycles. The Bertz CT molecular complexity index is 1490. The van der Waals surface area contributed by atoms with Gasteiger partial charge in [0, 0.05) is 129 Å². The van der Waals surface area contributed by atoms with Crippen LogP contribution in [0.25, 0.3) is 0 Å². The van der Waals surface area contributed by atoms with Crippen molar-refractivity contribution in [3.05, 3.63) is 71.8 Å². The minimum Gasteiger partial charge on any atom is -0.481 e. The van der Waals surface area contributed by atoms with E-state index in [4.69, 9.17) is 9.94 Å². The van der Waals surface area contributed by atoms with E-state index in [1.165, 1.54) is 17.8 Å². The molecule has 2 amide bonds. The van der Waals surface area contributed by atoms with E-state index in [2.05, 4.69) is 44.8 Å². The Labute approximate surface area is 293 Å². The van der Waals surface area contributed by atoms with Gasteiger partial charge in [0.2, 0.25) is 0 Å². The summed E-state index contributed by atoms with van der Waals surface area (Å²) in [5.74, 6) is -2.92. The fourth-order valence-corrected chi connectivity index (χ4v) is 19.5. The number of benzene rings is 2. The van der Waals surface area contributed by atoms with E-state index in [1.807, 2.05) is 60.7 Å². The van der Waals surface area contributed by atoms with E-state index < -0.39 is 29.7 Å². The van der Waals surface area contributed by atoms with Crippen LogP contribution < -0.4 is 0 Å². The molecular weight excluding hydrogens is 783 g/mol. The molecule has 3 rings (SSSR count). The summed E-state index contributed by atoms with van der Waals surface area (Å²) in [4.78, 5) is 49.9. The number of nitrogens with zero attached hydrogens (tertiary/aromatic N) is 1. The average Bonchev–Trinajstić information content (AvgIpc) is 3.33. The van der Waals surface area contributed by atoms with Crippen molar-refractivity contribution in [2.45, 2.75) is 39.5 Å². The van der Waals surface area contributed by atoms with E-state index in [-0.39, 0.29) is 18.8 Å². The first-order valence-electron chi connectivity index (χ1n) is 11.8. The second kappa shape index (κ2) is 27.5. The van der Waals surface area contributed by atoms with Crippen LogP contribution in [-0.4, -0.2) is 33.9 Å². The number of carbonyl (C=O) groups is 4. The average molecular weight is 810 g/mol. The topological polar surface area (TPSA) is 101 Å². The first-order chi connectivity index (χ1) is 20.7. The zero-order valence-electron chi connectivity index (χ0n) is 22.6. The molecule has 1 fully saturated rings. The summed E-state index contributed by atoms with van der Waals surface area (Å²) in [6, 6.07) is 19.2. The van der Waals surface area contributed by atoms with Crippen LogP contribution in [0.5, 0.6) is 0 Å². The molecule has 1 aliphatic rings. The monoisotopic (exact) mass is 809 g/mol. The number of amides is 2. The van der Waals surface area contributed by atoms with Crippen molar-refractivity contribution in [3.8, 4) is 0 Å². The van der Waals surface area contributed by atoms with E-state index in [0.29, 0.717) is 17.9 Å². The summed E-state index contributed by atoms with van der Waals surface area (Å²) in [5.41, 5.74) is 2.08. The molecule has 0 unspecified atom stereocenters. The van der Waals surface area contributed by atoms with Gasteiger partial charge in [-0.25, -0.2) is 4.79 Å². The summed E-state index contributed by atoms with van der Waals surface area (Å²) in [6.45, 7) is 3.43. The summed E-state index contributed by atoms with van der Waals surface area (Å²) < 4.78 is 0. The zero-order chi connectivity index (χ0) is 32.5. The fourth-order valence-electron chi connectivity index (χ4n) is 3.01. The van der Waals surface area contributed by atoms with Crippen molar-refractivity contribution in [3.63, 3.8) is 0 Å². The van der Waals surface area contributed by atoms with Gasteiger partial charge in [0.25, 0.3) is 11.8 Å². The predicted octanol–water partition coefficient (Wildman–Crippen LogP) is 3.39. The molecule has 0 radical (unpaired) electrons. The van der Waals surface area contributed by atoms with Crippen LogP contribution in [0.15, 0.2) is 60.7 Å². The van der Waals surface area contributed by atoms with Gasteiger partial charge in [-0.2, -0.15) is 0 Å². The molecule has 0 spiro atoms. The number of aliphatic carboxylic acids is 1. The minimum absolute atomic E-state index is 0.110. The number of carboxylic acid groups (broad SMARTS) is 1. The van der Waals surface area contributed by atoms with Crippen molar-refractivity contribution in [2.24, 2.45) is 11.8 Å². The van der Waals surface area contributed by atoms with Gasteiger partial charge in [0.1, 0.15) is 0 Å². The first-order valence-corrected chi connectivity index (χ1v) is 25.2. The number of hydroxylamine groups is 2. The van der Waals surface area contributed by atoms with Gasteiger partial charge in [0.05, 0.1) is 11.8 Å². The molecule has 2 aromatic carbocycles. The van der Waals surface area contributed by atoms with Crippen LogP contribution in [-0.2, 0) is 153 Å². The number of carboxylic acids is 1. The molecule has 236 valence electrons. The maximum absolute atomic E-state index is 11.8. The molecule has 1 aliphatic heterocycles. The Kier molecular flexibility index (Phi) is 26.9. The Balaban J connectivity index is 0.000000637. The van der Waals surface area contributed by atoms with Crippen molar-refractivity contribution in [1.29, 1.82) is 0 Å². The Hall–Kier alpha value is -0.840. The number of hydrogen-bond acceptors (Lipinski definition) is 9. The third-order valence-corrected chi connectivity index (χ3v) is 20.5. The molecule has 0 saturated carbocycles. The van der Waals surface area contributed by atoms with Crippen LogP contribution in [0.1, 0.15) is 37.8 Å². The summed E-state index contributed by atoms with van der Waals surface area (Å²) in [5, 5.41) is 9.23. The molecule has 1 heterocycles. The summed E-state index contributed by atoms with van der Waals surface area (Å²) in [6.07, 6.45) is 1.34. The number of rotatable bonds is 7. The quantitative estimate of drug-likeness (QED) is 0.420. The summed E-state index contributed by atoms with van der Waals surface area (Å²) >= 11 is 16.6. The number of imide groups is 1. The molecule has 19 heteroatoms. The van der Waals surface area contributed by atoms with Crippen LogP contribution in [0.3, 0.4) is 0 Å². The lowest BCUT2D eigenvalue weighted by Gasteiger charge is -2.16. The largest absolute Gasteiger partial charge is 0.481 e. The Morgan fingerprint density at radius 3 is 1.49 bits per heavy atom. The maximum Gasteiger partial charge on any atom is 0.336 e. The smallest absolute Gasteiger partial charge is 0.336 e. The normalized spacial score (nSPS) is 12.5. The molecule has 43 heavy (non-hydrogen) atoms. The lowest BCUT2D eigenvalue weighted by atomic mass is 10.0. The van der Waals surface area contributed by atoms with Gasteiger partial charge < -0.3 is 9.94 Å². The standard InChI is InChI=1S/C14H15NO4.C10H12O2.S10.S2/c1-10(9-11-5-3-2-4-6-11)14(18)19-15-12(16)7-8-13(15)17;1-8(10(11)12)7-9-5-3-2-4-6-9;1-3-5-7-9-10-8-6-4-2;1-2/h2-6,10H,7-9H2,1H3;2-6,8H,7H2,1H3,(H,11,12);;/t10-;8-;;/m00../s1. The molecule has 0 aliphatic carbocycles. The van der Waals surface area contributed by atoms with E-state index in [0.717, 1.165) is 11.1 Å². The van der Waals surface area contributed by atoms with Crippen LogP contribution in [0, 0.1) is 11.8 Å². The third-order valence-electron chi connectivity index (χ3n) is 4.97. The van der Waals surface area contributed by atoms with Crippen LogP contribution in [0.4, 0.5) is 0 Å². The maximum atomic E-state index is 11.8. The van der Waals surface area contributed by atoms with E-state index in [9.17, 15) is 19.2 Å². The molecule has 0 bridgehead atoms. The van der Waals surface area contributed by atoms with E-state index >= 15 is 0 Å². The Morgan fingerprint density at radius 2 is 1.12 bits per heavy atom.